The summed E-state index contributed by atoms with van der Waals surface area (Å²) in [5.74, 6) is 0.329. The number of rotatable bonds is 3. The van der Waals surface area contributed by atoms with Crippen LogP contribution in [0.1, 0.15) is 20.0 Å². The molecule has 6 nitrogen and oxygen atoms in total. The van der Waals surface area contributed by atoms with E-state index in [1.807, 2.05) is 24.3 Å². The molecule has 0 radical (unpaired) electrons. The van der Waals surface area contributed by atoms with Crippen LogP contribution < -0.4 is 14.8 Å². The minimum absolute atomic E-state index is 0.337. The van der Waals surface area contributed by atoms with E-state index in [2.05, 4.69) is 5.32 Å². The van der Waals surface area contributed by atoms with Gasteiger partial charge in [0.1, 0.15) is 18.1 Å². The number of benzene rings is 2. The van der Waals surface area contributed by atoms with Crippen molar-refractivity contribution in [2.45, 2.75) is 0 Å². The zero-order chi connectivity index (χ0) is 18.1. The Morgan fingerprint density at radius 3 is 2.65 bits per heavy atom. The SMILES string of the molecule is COC(=O)c1sc2ccccc2c1NC(=O)c1ccc2c(c1)OCCO2. The van der Waals surface area contributed by atoms with Crippen LogP contribution in [-0.2, 0) is 4.74 Å². The Kier molecular flexibility index (Phi) is 4.22. The number of hydrogen-bond acceptors (Lipinski definition) is 6. The first-order chi connectivity index (χ1) is 12.7. The summed E-state index contributed by atoms with van der Waals surface area (Å²) in [5.41, 5.74) is 0.873. The second-order valence-electron chi connectivity index (χ2n) is 5.61. The van der Waals surface area contributed by atoms with Crippen LogP contribution in [0.4, 0.5) is 5.69 Å². The van der Waals surface area contributed by atoms with E-state index in [9.17, 15) is 9.59 Å². The summed E-state index contributed by atoms with van der Waals surface area (Å²) < 4.78 is 16.7. The van der Waals surface area contributed by atoms with Crippen molar-refractivity contribution >= 4 is 39.0 Å². The third-order valence-electron chi connectivity index (χ3n) is 4.01. The van der Waals surface area contributed by atoms with Crippen molar-refractivity contribution in [3.63, 3.8) is 0 Å². The minimum Gasteiger partial charge on any atom is -0.486 e. The molecule has 0 saturated heterocycles. The summed E-state index contributed by atoms with van der Waals surface area (Å²) in [5, 5.41) is 3.64. The van der Waals surface area contributed by atoms with Gasteiger partial charge in [-0.25, -0.2) is 4.79 Å². The smallest absolute Gasteiger partial charge is 0.350 e. The second kappa shape index (κ2) is 6.68. The molecule has 1 amide bonds. The van der Waals surface area contributed by atoms with Crippen molar-refractivity contribution in [2.24, 2.45) is 0 Å². The molecule has 1 aromatic heterocycles. The fourth-order valence-corrected chi connectivity index (χ4v) is 3.85. The Balaban J connectivity index is 1.70. The number of esters is 1. The molecule has 1 N–H and O–H groups in total. The summed E-state index contributed by atoms with van der Waals surface area (Å²) >= 11 is 1.28. The molecule has 0 saturated carbocycles. The van der Waals surface area contributed by atoms with Gasteiger partial charge in [0.05, 0.1) is 12.8 Å². The van der Waals surface area contributed by atoms with Crippen molar-refractivity contribution < 1.29 is 23.8 Å². The van der Waals surface area contributed by atoms with Crippen LogP contribution in [0.3, 0.4) is 0 Å². The number of methoxy groups -OCH3 is 1. The van der Waals surface area contributed by atoms with Gasteiger partial charge < -0.3 is 19.5 Å². The predicted octanol–water partition coefficient (Wildman–Crippen LogP) is 3.71. The number of carbonyl (C=O) groups excluding carboxylic acids is 2. The first-order valence-corrected chi connectivity index (χ1v) is 8.80. The first kappa shape index (κ1) is 16.4. The van der Waals surface area contributed by atoms with E-state index in [1.165, 1.54) is 18.4 Å². The third-order valence-corrected chi connectivity index (χ3v) is 5.16. The Bertz CT molecular complexity index is 1010. The fraction of sp³-hybridized carbons (Fsp3) is 0.158. The van der Waals surface area contributed by atoms with Gasteiger partial charge in [-0.05, 0) is 24.3 Å². The van der Waals surface area contributed by atoms with Gasteiger partial charge in [-0.2, -0.15) is 0 Å². The van der Waals surface area contributed by atoms with Crippen LogP contribution in [0.2, 0.25) is 0 Å². The largest absolute Gasteiger partial charge is 0.486 e. The number of hydrogen-bond donors (Lipinski definition) is 1. The van der Waals surface area contributed by atoms with Crippen molar-refractivity contribution in [3.05, 3.63) is 52.9 Å². The van der Waals surface area contributed by atoms with Crippen LogP contribution in [-0.4, -0.2) is 32.2 Å². The average molecular weight is 369 g/mol. The zero-order valence-electron chi connectivity index (χ0n) is 13.9. The molecule has 132 valence electrons. The minimum atomic E-state index is -0.483. The molecule has 0 atom stereocenters. The molecule has 26 heavy (non-hydrogen) atoms. The maximum absolute atomic E-state index is 12.7. The molecule has 2 heterocycles. The van der Waals surface area contributed by atoms with Gasteiger partial charge in [-0.1, -0.05) is 18.2 Å². The molecule has 1 aliphatic heterocycles. The molecule has 0 unspecified atom stereocenters. The summed E-state index contributed by atoms with van der Waals surface area (Å²) in [7, 11) is 1.32. The normalized spacial score (nSPS) is 12.7. The number of fused-ring (bicyclic) bond motifs is 2. The van der Waals surface area contributed by atoms with Gasteiger partial charge in [0, 0.05) is 15.6 Å². The van der Waals surface area contributed by atoms with Gasteiger partial charge in [0.2, 0.25) is 0 Å². The highest BCUT2D eigenvalue weighted by molar-refractivity contribution is 7.21. The molecular formula is C19H15NO5S. The lowest BCUT2D eigenvalue weighted by Gasteiger charge is -2.18. The van der Waals surface area contributed by atoms with Crippen LogP contribution in [0.15, 0.2) is 42.5 Å². The number of anilines is 1. The quantitative estimate of drug-likeness (QED) is 0.713. The first-order valence-electron chi connectivity index (χ1n) is 7.98. The summed E-state index contributed by atoms with van der Waals surface area (Å²) in [6.45, 7) is 0.932. The Morgan fingerprint density at radius 2 is 1.85 bits per heavy atom. The maximum Gasteiger partial charge on any atom is 0.350 e. The average Bonchev–Trinajstić information content (AvgIpc) is 3.05. The standard InChI is InChI=1S/C19H15NO5S/c1-23-19(22)17-16(12-4-2-3-5-15(12)26-17)20-18(21)11-6-7-13-14(10-11)25-9-8-24-13/h2-7,10H,8-9H2,1H3,(H,20,21). The second-order valence-corrected chi connectivity index (χ2v) is 6.66. The van der Waals surface area contributed by atoms with E-state index in [-0.39, 0.29) is 5.91 Å². The van der Waals surface area contributed by atoms with Crippen LogP contribution in [0, 0.1) is 0 Å². The highest BCUT2D eigenvalue weighted by Gasteiger charge is 2.22. The monoisotopic (exact) mass is 369 g/mol. The van der Waals surface area contributed by atoms with Gasteiger partial charge in [0.15, 0.2) is 11.5 Å². The van der Waals surface area contributed by atoms with E-state index in [0.717, 1.165) is 10.1 Å². The zero-order valence-corrected chi connectivity index (χ0v) is 14.7. The highest BCUT2D eigenvalue weighted by atomic mass is 32.1. The number of thiophene rings is 1. The van der Waals surface area contributed by atoms with Gasteiger partial charge in [-0.3, -0.25) is 4.79 Å². The predicted molar refractivity (Wildman–Crippen MR) is 98.5 cm³/mol. The number of ether oxygens (including phenoxy) is 3. The summed E-state index contributed by atoms with van der Waals surface area (Å²) in [4.78, 5) is 25.2. The van der Waals surface area contributed by atoms with Crippen LogP contribution >= 0.6 is 11.3 Å². The van der Waals surface area contributed by atoms with E-state index in [0.29, 0.717) is 40.8 Å². The number of amides is 1. The molecule has 0 bridgehead atoms. The molecule has 3 aromatic rings. The lowest BCUT2D eigenvalue weighted by Crippen LogP contribution is -2.17. The molecule has 0 aliphatic carbocycles. The number of nitrogens with one attached hydrogen (secondary N) is 1. The molecule has 7 heteroatoms. The highest BCUT2D eigenvalue weighted by Crippen LogP contribution is 2.37. The summed E-state index contributed by atoms with van der Waals surface area (Å²) in [6.07, 6.45) is 0. The third kappa shape index (κ3) is 2.86. The Morgan fingerprint density at radius 1 is 1.08 bits per heavy atom. The lowest BCUT2D eigenvalue weighted by molar-refractivity contribution is 0.0607. The Hall–Kier alpha value is -3.06. The van der Waals surface area contributed by atoms with E-state index in [1.54, 1.807) is 18.2 Å². The van der Waals surface area contributed by atoms with Crippen molar-refractivity contribution in [1.29, 1.82) is 0 Å². The molecular weight excluding hydrogens is 354 g/mol. The van der Waals surface area contributed by atoms with Gasteiger partial charge in [0.25, 0.3) is 5.91 Å². The fourth-order valence-electron chi connectivity index (χ4n) is 2.78. The number of carbonyl (C=O) groups is 2. The maximum atomic E-state index is 12.7. The van der Waals surface area contributed by atoms with Crippen molar-refractivity contribution in [3.8, 4) is 11.5 Å². The molecule has 4 rings (SSSR count). The summed E-state index contributed by atoms with van der Waals surface area (Å²) in [6, 6.07) is 12.5. The van der Waals surface area contributed by atoms with E-state index >= 15 is 0 Å². The van der Waals surface area contributed by atoms with Gasteiger partial charge in [-0.15, -0.1) is 11.3 Å². The van der Waals surface area contributed by atoms with E-state index in [4.69, 9.17) is 14.2 Å². The molecule has 1 aliphatic rings. The lowest BCUT2D eigenvalue weighted by atomic mass is 10.1. The van der Waals surface area contributed by atoms with Crippen molar-refractivity contribution in [1.82, 2.24) is 0 Å². The molecule has 0 fully saturated rings. The topological polar surface area (TPSA) is 73.9 Å². The van der Waals surface area contributed by atoms with Crippen LogP contribution in [0.5, 0.6) is 11.5 Å². The molecule has 0 spiro atoms. The Labute approximate surface area is 153 Å². The van der Waals surface area contributed by atoms with Gasteiger partial charge >= 0.3 is 5.97 Å². The van der Waals surface area contributed by atoms with Crippen LogP contribution in [0.25, 0.3) is 10.1 Å². The van der Waals surface area contributed by atoms with E-state index < -0.39 is 5.97 Å². The molecule has 2 aromatic carbocycles. The van der Waals surface area contributed by atoms with Crippen molar-refractivity contribution in [2.75, 3.05) is 25.6 Å².